The zero-order valence-electron chi connectivity index (χ0n) is 12.5. The first-order valence-corrected chi connectivity index (χ1v) is 7.50. The van der Waals surface area contributed by atoms with Crippen LogP contribution < -0.4 is 5.48 Å². The molecule has 3 fully saturated rings. The molecule has 0 amide bonds. The number of carbonyl (C=O) groups excluding carboxylic acids is 1. The molecule has 2 saturated heterocycles. The van der Waals surface area contributed by atoms with Crippen molar-refractivity contribution in [2.75, 3.05) is 0 Å². The molecule has 7 nitrogen and oxygen atoms in total. The smallest absolute Gasteiger partial charge is 0.371 e. The first kappa shape index (κ1) is 16.2. The highest BCUT2D eigenvalue weighted by molar-refractivity contribution is 5.80. The number of nitrogens with one attached hydrogen (secondary N) is 1. The minimum absolute atomic E-state index is 0.117. The molecule has 1 saturated carbocycles. The number of esters is 1. The van der Waals surface area contributed by atoms with Crippen molar-refractivity contribution in [2.24, 2.45) is 0 Å². The maximum Gasteiger partial charge on any atom is 0.371 e. The lowest BCUT2D eigenvalue weighted by molar-refractivity contribution is -0.270. The number of aliphatic carboxylic acids is 1. The molecule has 0 aromatic rings. The summed E-state index contributed by atoms with van der Waals surface area (Å²) in [5, 5.41) is 7.72. The number of hydrogen-bond donors (Lipinski definition) is 2. The standard InChI is InChI=1S/C11H17NO4.C3H6O2/c1-8-7-11(16-12-8)9(13)14-10(15-11)5-3-2-4-6-10;1-2-3(4)5/h8,12H,2-7H2,1H3;2H2,1H3,(H,4,5). The SMILES string of the molecule is CC1CC2(ON1)OC1(CCCCC1)OC2=O.CCC(=O)O. The van der Waals surface area contributed by atoms with Gasteiger partial charge in [0, 0.05) is 31.7 Å². The van der Waals surface area contributed by atoms with Crippen molar-refractivity contribution in [3.8, 4) is 0 Å². The number of rotatable bonds is 1. The van der Waals surface area contributed by atoms with Crippen LogP contribution in [0.5, 0.6) is 0 Å². The van der Waals surface area contributed by atoms with Crippen molar-refractivity contribution < 1.29 is 29.0 Å². The van der Waals surface area contributed by atoms with Crippen molar-refractivity contribution in [3.63, 3.8) is 0 Å². The fourth-order valence-corrected chi connectivity index (χ4v) is 2.77. The molecule has 3 aliphatic rings. The monoisotopic (exact) mass is 301 g/mol. The number of carboxylic acid groups (broad SMARTS) is 1. The summed E-state index contributed by atoms with van der Waals surface area (Å²) < 4.78 is 11.3. The summed E-state index contributed by atoms with van der Waals surface area (Å²) in [5.74, 6) is -3.01. The Balaban J connectivity index is 0.000000282. The Morgan fingerprint density at radius 2 is 2.00 bits per heavy atom. The summed E-state index contributed by atoms with van der Waals surface area (Å²) in [4.78, 5) is 26.6. The van der Waals surface area contributed by atoms with Crippen LogP contribution >= 0.6 is 0 Å². The van der Waals surface area contributed by atoms with Crippen LogP contribution in [0.25, 0.3) is 0 Å². The van der Waals surface area contributed by atoms with E-state index in [0.717, 1.165) is 25.7 Å². The Bertz CT molecular complexity index is 406. The van der Waals surface area contributed by atoms with Crippen LogP contribution in [0.3, 0.4) is 0 Å². The summed E-state index contributed by atoms with van der Waals surface area (Å²) in [6.45, 7) is 3.56. The second-order valence-electron chi connectivity index (χ2n) is 5.79. The number of carboxylic acids is 1. The van der Waals surface area contributed by atoms with Gasteiger partial charge in [-0.05, 0) is 19.8 Å². The van der Waals surface area contributed by atoms with E-state index in [2.05, 4.69) is 5.48 Å². The highest BCUT2D eigenvalue weighted by Gasteiger charge is 2.62. The molecule has 2 atom stereocenters. The Labute approximate surface area is 123 Å². The number of carbonyl (C=O) groups is 2. The molecule has 0 aromatic heterocycles. The van der Waals surface area contributed by atoms with Gasteiger partial charge in [0.15, 0.2) is 0 Å². The number of ether oxygens (including phenoxy) is 2. The molecule has 0 aromatic carbocycles. The molecular formula is C14H23NO6. The van der Waals surface area contributed by atoms with E-state index in [1.54, 1.807) is 6.92 Å². The molecule has 7 heteroatoms. The van der Waals surface area contributed by atoms with Crippen LogP contribution in [-0.4, -0.2) is 34.7 Å². The van der Waals surface area contributed by atoms with E-state index in [9.17, 15) is 9.59 Å². The van der Waals surface area contributed by atoms with E-state index in [1.165, 1.54) is 6.42 Å². The van der Waals surface area contributed by atoms with Crippen LogP contribution in [0.15, 0.2) is 0 Å². The quantitative estimate of drug-likeness (QED) is 0.712. The predicted octanol–water partition coefficient (Wildman–Crippen LogP) is 1.71. The van der Waals surface area contributed by atoms with Gasteiger partial charge in [0.25, 0.3) is 5.79 Å². The Kier molecular flexibility index (Phi) is 4.85. The molecule has 120 valence electrons. The lowest BCUT2D eigenvalue weighted by Gasteiger charge is -2.31. The van der Waals surface area contributed by atoms with Crippen molar-refractivity contribution >= 4 is 11.9 Å². The van der Waals surface area contributed by atoms with E-state index >= 15 is 0 Å². The Morgan fingerprint density at radius 3 is 2.48 bits per heavy atom. The van der Waals surface area contributed by atoms with Gasteiger partial charge in [-0.25, -0.2) is 4.79 Å². The van der Waals surface area contributed by atoms with E-state index < -0.39 is 17.5 Å². The number of hydrogen-bond acceptors (Lipinski definition) is 6. The molecule has 2 heterocycles. The van der Waals surface area contributed by atoms with Crippen LogP contribution in [0.2, 0.25) is 0 Å². The van der Waals surface area contributed by atoms with Gasteiger partial charge >= 0.3 is 11.9 Å². The van der Waals surface area contributed by atoms with Gasteiger partial charge < -0.3 is 9.84 Å². The fourth-order valence-electron chi connectivity index (χ4n) is 2.77. The van der Waals surface area contributed by atoms with Gasteiger partial charge in [-0.1, -0.05) is 13.3 Å². The zero-order valence-corrected chi connectivity index (χ0v) is 12.5. The van der Waals surface area contributed by atoms with E-state index in [1.807, 2.05) is 6.92 Å². The summed E-state index contributed by atoms with van der Waals surface area (Å²) in [6, 6.07) is 0.117. The summed E-state index contributed by atoms with van der Waals surface area (Å²) >= 11 is 0. The van der Waals surface area contributed by atoms with Crippen molar-refractivity contribution in [3.05, 3.63) is 0 Å². The molecule has 2 spiro atoms. The maximum absolute atomic E-state index is 11.9. The third-order valence-electron chi connectivity index (χ3n) is 3.86. The Hall–Kier alpha value is -1.18. The average Bonchev–Trinajstić information content (AvgIpc) is 2.93. The topological polar surface area (TPSA) is 94.1 Å². The second-order valence-corrected chi connectivity index (χ2v) is 5.79. The average molecular weight is 301 g/mol. The molecular weight excluding hydrogens is 278 g/mol. The largest absolute Gasteiger partial charge is 0.481 e. The van der Waals surface area contributed by atoms with E-state index in [0.29, 0.717) is 6.42 Å². The highest BCUT2D eigenvalue weighted by atomic mass is 16.9. The van der Waals surface area contributed by atoms with Crippen LogP contribution in [0.1, 0.15) is 58.8 Å². The molecule has 2 aliphatic heterocycles. The van der Waals surface area contributed by atoms with Gasteiger partial charge in [-0.15, -0.1) is 0 Å². The molecule has 0 radical (unpaired) electrons. The number of hydroxylamine groups is 1. The predicted molar refractivity (Wildman–Crippen MR) is 72.0 cm³/mol. The van der Waals surface area contributed by atoms with Crippen LogP contribution in [0.4, 0.5) is 0 Å². The lowest BCUT2D eigenvalue weighted by Crippen LogP contribution is -2.39. The molecule has 2 unspecified atom stereocenters. The van der Waals surface area contributed by atoms with Gasteiger partial charge in [-0.3, -0.25) is 14.4 Å². The van der Waals surface area contributed by atoms with Gasteiger partial charge in [0.05, 0.1) is 0 Å². The second kappa shape index (κ2) is 6.29. The molecule has 0 bridgehead atoms. The fraction of sp³-hybridized carbons (Fsp3) is 0.857. The molecule has 21 heavy (non-hydrogen) atoms. The summed E-state index contributed by atoms with van der Waals surface area (Å²) in [5.41, 5.74) is 2.78. The lowest BCUT2D eigenvalue weighted by atomic mass is 9.94. The first-order chi connectivity index (χ1) is 9.91. The van der Waals surface area contributed by atoms with Gasteiger partial charge in [0.2, 0.25) is 5.79 Å². The van der Waals surface area contributed by atoms with Crippen molar-refractivity contribution in [1.29, 1.82) is 0 Å². The molecule has 1 aliphatic carbocycles. The normalized spacial score (nSPS) is 33.6. The maximum atomic E-state index is 11.9. The van der Waals surface area contributed by atoms with Crippen molar-refractivity contribution in [2.45, 2.75) is 76.4 Å². The van der Waals surface area contributed by atoms with Crippen LogP contribution in [-0.2, 0) is 23.9 Å². The summed E-state index contributed by atoms with van der Waals surface area (Å²) in [6.07, 6.45) is 5.61. The summed E-state index contributed by atoms with van der Waals surface area (Å²) in [7, 11) is 0. The Morgan fingerprint density at radius 1 is 1.38 bits per heavy atom. The van der Waals surface area contributed by atoms with E-state index in [-0.39, 0.29) is 18.4 Å². The van der Waals surface area contributed by atoms with Crippen molar-refractivity contribution in [1.82, 2.24) is 5.48 Å². The van der Waals surface area contributed by atoms with Gasteiger partial charge in [0.1, 0.15) is 0 Å². The first-order valence-electron chi connectivity index (χ1n) is 7.50. The minimum Gasteiger partial charge on any atom is -0.481 e. The zero-order chi connectivity index (χ0) is 15.5. The minimum atomic E-state index is -1.18. The third-order valence-corrected chi connectivity index (χ3v) is 3.86. The highest BCUT2D eigenvalue weighted by Crippen LogP contribution is 2.45. The van der Waals surface area contributed by atoms with E-state index in [4.69, 9.17) is 19.4 Å². The van der Waals surface area contributed by atoms with Crippen LogP contribution in [0, 0.1) is 0 Å². The van der Waals surface area contributed by atoms with Gasteiger partial charge in [-0.2, -0.15) is 5.48 Å². The molecule has 3 rings (SSSR count). The third kappa shape index (κ3) is 3.53. The molecule has 2 N–H and O–H groups in total.